The lowest BCUT2D eigenvalue weighted by Gasteiger charge is -2.04. The zero-order valence-corrected chi connectivity index (χ0v) is 14.9. The first-order chi connectivity index (χ1) is 13.7. The second-order valence-corrected chi connectivity index (χ2v) is 5.81. The maximum atomic E-state index is 12.4. The largest absolute Gasteiger partial charge is 0.504 e. The number of allylic oxidation sites excluding steroid dienone is 1. The number of hydrogen-bond acceptors (Lipinski definition) is 8. The minimum Gasteiger partial charge on any atom is -0.504 e. The second-order valence-electron chi connectivity index (χ2n) is 5.81. The van der Waals surface area contributed by atoms with Crippen LogP contribution in [-0.2, 0) is 4.74 Å². The standard InChI is InChI=1S/C20H16N4O4/c1-2-27-20(26)16-17(25)14(28-19(16)24-15-7-3-4-8-21-15)10-12-11-23-18-13(12)6-5-9-22-18/h3-11,25H,2H2,1H3,(H,21,24)/b12-10+. The van der Waals surface area contributed by atoms with Crippen LogP contribution < -0.4 is 5.32 Å². The van der Waals surface area contributed by atoms with Gasteiger partial charge in [0.1, 0.15) is 5.82 Å². The fourth-order valence-corrected chi connectivity index (χ4v) is 2.75. The number of anilines is 2. The van der Waals surface area contributed by atoms with E-state index in [0.717, 1.165) is 5.56 Å². The van der Waals surface area contributed by atoms with E-state index >= 15 is 0 Å². The van der Waals surface area contributed by atoms with Crippen LogP contribution >= 0.6 is 0 Å². The number of ether oxygens (including phenoxy) is 1. The van der Waals surface area contributed by atoms with E-state index < -0.39 is 5.97 Å². The fraction of sp³-hybridized carbons (Fsp3) is 0.100. The van der Waals surface area contributed by atoms with Gasteiger partial charge in [-0.3, -0.25) is 0 Å². The Labute approximate surface area is 160 Å². The predicted molar refractivity (Wildman–Crippen MR) is 104 cm³/mol. The zero-order valence-electron chi connectivity index (χ0n) is 14.9. The van der Waals surface area contributed by atoms with Gasteiger partial charge in [0.05, 0.1) is 6.61 Å². The van der Waals surface area contributed by atoms with E-state index in [4.69, 9.17) is 9.15 Å². The van der Waals surface area contributed by atoms with E-state index in [2.05, 4.69) is 20.3 Å². The molecule has 1 aliphatic rings. The van der Waals surface area contributed by atoms with Crippen LogP contribution in [0.15, 0.2) is 52.1 Å². The molecule has 0 bridgehead atoms. The number of nitrogens with zero attached hydrogens (tertiary/aromatic N) is 3. The predicted octanol–water partition coefficient (Wildman–Crippen LogP) is 3.95. The minimum atomic E-state index is -0.700. The van der Waals surface area contributed by atoms with Gasteiger partial charge in [0.25, 0.3) is 0 Å². The summed E-state index contributed by atoms with van der Waals surface area (Å²) >= 11 is 0. The summed E-state index contributed by atoms with van der Waals surface area (Å²) in [4.78, 5) is 24.9. The first-order valence-electron chi connectivity index (χ1n) is 8.59. The highest BCUT2D eigenvalue weighted by Crippen LogP contribution is 2.39. The Hall–Kier alpha value is -3.94. The van der Waals surface area contributed by atoms with E-state index in [1.807, 2.05) is 6.07 Å². The molecule has 0 fully saturated rings. The van der Waals surface area contributed by atoms with Crippen molar-refractivity contribution in [3.05, 3.63) is 59.6 Å². The third-order valence-electron chi connectivity index (χ3n) is 4.01. The Bertz CT molecular complexity index is 1090. The molecule has 4 rings (SSSR count). The number of furan rings is 1. The smallest absolute Gasteiger partial charge is 0.347 e. The molecule has 0 aliphatic carbocycles. The van der Waals surface area contributed by atoms with Gasteiger partial charge in [0.15, 0.2) is 22.9 Å². The maximum Gasteiger partial charge on any atom is 0.347 e. The molecule has 0 saturated heterocycles. The molecule has 2 N–H and O–H groups in total. The van der Waals surface area contributed by atoms with Crippen molar-refractivity contribution in [1.29, 1.82) is 0 Å². The lowest BCUT2D eigenvalue weighted by Crippen LogP contribution is -2.06. The number of esters is 1. The summed E-state index contributed by atoms with van der Waals surface area (Å²) in [5, 5.41) is 13.5. The van der Waals surface area contributed by atoms with Gasteiger partial charge in [-0.25, -0.2) is 19.8 Å². The third-order valence-corrected chi connectivity index (χ3v) is 4.01. The van der Waals surface area contributed by atoms with Gasteiger partial charge in [-0.15, -0.1) is 0 Å². The molecule has 140 valence electrons. The van der Waals surface area contributed by atoms with Crippen molar-refractivity contribution in [2.24, 2.45) is 4.99 Å². The van der Waals surface area contributed by atoms with E-state index in [0.29, 0.717) is 17.2 Å². The van der Waals surface area contributed by atoms with E-state index in [1.165, 1.54) is 0 Å². The number of aliphatic imine (C=N–C) groups is 1. The summed E-state index contributed by atoms with van der Waals surface area (Å²) in [5.74, 6) is 0.154. The van der Waals surface area contributed by atoms with Gasteiger partial charge < -0.3 is 19.6 Å². The SMILES string of the molecule is CCOC(=O)c1c(Nc2ccccn2)oc(/C=C2\C=Nc3ncccc32)c1O. The normalized spacial score (nSPS) is 13.5. The summed E-state index contributed by atoms with van der Waals surface area (Å²) in [6.07, 6.45) is 6.46. The molecule has 1 aliphatic heterocycles. The molecular weight excluding hydrogens is 360 g/mol. The molecule has 0 aromatic carbocycles. The van der Waals surface area contributed by atoms with E-state index in [1.54, 1.807) is 55.9 Å². The number of carbonyl (C=O) groups is 1. The van der Waals surface area contributed by atoms with Gasteiger partial charge in [-0.2, -0.15) is 0 Å². The maximum absolute atomic E-state index is 12.4. The van der Waals surface area contributed by atoms with Crippen LogP contribution in [0, 0.1) is 0 Å². The van der Waals surface area contributed by atoms with Gasteiger partial charge in [0, 0.05) is 29.7 Å². The Balaban J connectivity index is 1.77. The molecule has 0 unspecified atom stereocenters. The monoisotopic (exact) mass is 376 g/mol. The topological polar surface area (TPSA) is 110 Å². The Morgan fingerprint density at radius 3 is 2.89 bits per heavy atom. The van der Waals surface area contributed by atoms with Crippen molar-refractivity contribution in [3.63, 3.8) is 0 Å². The van der Waals surface area contributed by atoms with Crippen LogP contribution in [0.3, 0.4) is 0 Å². The average Bonchev–Trinajstić information content (AvgIpc) is 3.24. The van der Waals surface area contributed by atoms with Gasteiger partial charge in [-0.05, 0) is 37.3 Å². The Kier molecular flexibility index (Phi) is 4.59. The lowest BCUT2D eigenvalue weighted by molar-refractivity contribution is 0.0524. The molecule has 4 heterocycles. The molecule has 3 aromatic rings. The number of aromatic hydroxyl groups is 1. The molecule has 0 amide bonds. The highest BCUT2D eigenvalue weighted by atomic mass is 16.5. The average molecular weight is 376 g/mol. The number of aromatic nitrogens is 2. The van der Waals surface area contributed by atoms with E-state index in [9.17, 15) is 9.90 Å². The van der Waals surface area contributed by atoms with Crippen LogP contribution in [0.25, 0.3) is 11.6 Å². The van der Waals surface area contributed by atoms with Crippen molar-refractivity contribution >= 4 is 41.4 Å². The van der Waals surface area contributed by atoms with Crippen molar-refractivity contribution in [1.82, 2.24) is 9.97 Å². The van der Waals surface area contributed by atoms with Crippen molar-refractivity contribution in [2.75, 3.05) is 11.9 Å². The molecule has 3 aromatic heterocycles. The summed E-state index contributed by atoms with van der Waals surface area (Å²) in [6, 6.07) is 8.90. The summed E-state index contributed by atoms with van der Waals surface area (Å²) in [7, 11) is 0. The van der Waals surface area contributed by atoms with E-state index in [-0.39, 0.29) is 29.6 Å². The van der Waals surface area contributed by atoms with Crippen LogP contribution in [0.4, 0.5) is 17.5 Å². The minimum absolute atomic E-state index is 0.0443. The Morgan fingerprint density at radius 2 is 2.11 bits per heavy atom. The summed E-state index contributed by atoms with van der Waals surface area (Å²) in [6.45, 7) is 1.84. The molecule has 8 nitrogen and oxygen atoms in total. The van der Waals surface area contributed by atoms with Crippen molar-refractivity contribution < 1.29 is 19.1 Å². The zero-order chi connectivity index (χ0) is 19.5. The van der Waals surface area contributed by atoms with Crippen LogP contribution in [-0.4, -0.2) is 33.9 Å². The van der Waals surface area contributed by atoms with Gasteiger partial charge >= 0.3 is 5.97 Å². The molecular formula is C20H16N4O4. The number of nitrogens with one attached hydrogen (secondary N) is 1. The lowest BCUT2D eigenvalue weighted by atomic mass is 10.1. The van der Waals surface area contributed by atoms with Crippen LogP contribution in [0.1, 0.15) is 28.6 Å². The molecule has 0 atom stereocenters. The first-order valence-corrected chi connectivity index (χ1v) is 8.59. The second kappa shape index (κ2) is 7.36. The van der Waals surface area contributed by atoms with Crippen LogP contribution in [0.5, 0.6) is 5.75 Å². The number of rotatable bonds is 5. The summed E-state index contributed by atoms with van der Waals surface area (Å²) in [5.41, 5.74) is 1.41. The number of pyridine rings is 2. The van der Waals surface area contributed by atoms with Gasteiger partial charge in [-0.1, -0.05) is 6.07 Å². The third kappa shape index (κ3) is 3.23. The molecule has 8 heteroatoms. The van der Waals surface area contributed by atoms with Gasteiger partial charge in [0.2, 0.25) is 5.88 Å². The number of hydrogen-bond donors (Lipinski definition) is 2. The van der Waals surface area contributed by atoms with Crippen molar-refractivity contribution in [2.45, 2.75) is 6.92 Å². The number of carbonyl (C=O) groups excluding carboxylic acids is 1. The highest BCUT2D eigenvalue weighted by Gasteiger charge is 2.27. The first kappa shape index (κ1) is 17.5. The Morgan fingerprint density at radius 1 is 1.25 bits per heavy atom. The molecule has 0 spiro atoms. The van der Waals surface area contributed by atoms with Crippen LogP contribution in [0.2, 0.25) is 0 Å². The highest BCUT2D eigenvalue weighted by molar-refractivity contribution is 6.21. The van der Waals surface area contributed by atoms with Crippen molar-refractivity contribution in [3.8, 4) is 5.75 Å². The quantitative estimate of drug-likeness (QED) is 0.649. The fourth-order valence-electron chi connectivity index (χ4n) is 2.75. The molecule has 28 heavy (non-hydrogen) atoms. The molecule has 0 saturated carbocycles. The summed E-state index contributed by atoms with van der Waals surface area (Å²) < 4.78 is 10.8. The molecule has 0 radical (unpaired) electrons. The number of fused-ring (bicyclic) bond motifs is 1.